The van der Waals surface area contributed by atoms with Crippen molar-refractivity contribution >= 4 is 16.8 Å². The van der Waals surface area contributed by atoms with Crippen molar-refractivity contribution in [3.8, 4) is 11.3 Å². The second-order valence-corrected chi connectivity index (χ2v) is 7.68. The molecule has 1 amide bonds. The first-order valence-corrected chi connectivity index (χ1v) is 10.0. The van der Waals surface area contributed by atoms with E-state index in [0.717, 1.165) is 40.7 Å². The third kappa shape index (κ3) is 3.29. The predicted octanol–water partition coefficient (Wildman–Crippen LogP) is 5.41. The minimum Gasteiger partial charge on any atom is -0.334 e. The smallest absolute Gasteiger partial charge is 0.254 e. The first-order chi connectivity index (χ1) is 14.2. The lowest BCUT2D eigenvalue weighted by atomic mass is 9.98. The van der Waals surface area contributed by atoms with Gasteiger partial charge in [0.1, 0.15) is 0 Å². The number of carbonyl (C=O) groups excluding carboxylic acids is 1. The van der Waals surface area contributed by atoms with Crippen LogP contribution in [-0.4, -0.2) is 22.3 Å². The predicted molar refractivity (Wildman–Crippen MR) is 117 cm³/mol. The molecule has 2 heterocycles. The van der Waals surface area contributed by atoms with Crippen LogP contribution in [-0.2, 0) is 13.0 Å². The molecular weight excluding hydrogens is 356 g/mol. The molecule has 3 heteroatoms. The number of nitrogens with zero attached hydrogens (tertiary/aromatic N) is 2. The van der Waals surface area contributed by atoms with Crippen LogP contribution in [0.5, 0.6) is 0 Å². The van der Waals surface area contributed by atoms with Crippen molar-refractivity contribution in [1.29, 1.82) is 0 Å². The van der Waals surface area contributed by atoms with Crippen molar-refractivity contribution in [2.75, 3.05) is 6.54 Å². The molecule has 0 radical (unpaired) electrons. The van der Waals surface area contributed by atoms with Crippen LogP contribution in [0.1, 0.15) is 27.0 Å². The third-order valence-electron chi connectivity index (χ3n) is 5.71. The second-order valence-electron chi connectivity index (χ2n) is 7.68. The zero-order chi connectivity index (χ0) is 19.8. The van der Waals surface area contributed by atoms with E-state index in [2.05, 4.69) is 49.4 Å². The van der Waals surface area contributed by atoms with Crippen LogP contribution in [0.2, 0.25) is 0 Å². The van der Waals surface area contributed by atoms with E-state index >= 15 is 0 Å². The number of rotatable bonds is 2. The Balaban J connectivity index is 1.58. The van der Waals surface area contributed by atoms with Crippen LogP contribution in [0.15, 0.2) is 78.9 Å². The van der Waals surface area contributed by atoms with Gasteiger partial charge in [0.25, 0.3) is 5.91 Å². The van der Waals surface area contributed by atoms with Crippen molar-refractivity contribution in [2.24, 2.45) is 0 Å². The van der Waals surface area contributed by atoms with Gasteiger partial charge in [0.2, 0.25) is 0 Å². The second kappa shape index (κ2) is 7.17. The molecule has 1 aliphatic rings. The molecule has 5 rings (SSSR count). The lowest BCUT2D eigenvalue weighted by Gasteiger charge is -2.29. The summed E-state index contributed by atoms with van der Waals surface area (Å²) in [6.45, 7) is 3.47. The molecule has 0 aliphatic carbocycles. The average Bonchev–Trinajstić information content (AvgIpc) is 2.78. The summed E-state index contributed by atoms with van der Waals surface area (Å²) in [5.41, 5.74) is 7.24. The number of pyridine rings is 1. The van der Waals surface area contributed by atoms with E-state index < -0.39 is 0 Å². The molecule has 0 fully saturated rings. The van der Waals surface area contributed by atoms with Gasteiger partial charge in [-0.15, -0.1) is 0 Å². The van der Waals surface area contributed by atoms with Gasteiger partial charge in [-0.1, -0.05) is 72.3 Å². The summed E-state index contributed by atoms with van der Waals surface area (Å²) in [6, 6.07) is 26.6. The van der Waals surface area contributed by atoms with Crippen LogP contribution in [0, 0.1) is 6.92 Å². The van der Waals surface area contributed by atoms with Crippen molar-refractivity contribution < 1.29 is 4.79 Å². The molecule has 3 nitrogen and oxygen atoms in total. The normalized spacial score (nSPS) is 13.3. The molecule has 0 saturated heterocycles. The highest BCUT2D eigenvalue weighted by atomic mass is 16.2. The fourth-order valence-electron chi connectivity index (χ4n) is 4.06. The lowest BCUT2D eigenvalue weighted by Crippen LogP contribution is -2.36. The molecular formula is C26H22N2O. The number of aryl methyl sites for hydroxylation is 1. The van der Waals surface area contributed by atoms with Gasteiger partial charge in [0.15, 0.2) is 0 Å². The highest BCUT2D eigenvalue weighted by Gasteiger charge is 2.23. The van der Waals surface area contributed by atoms with Gasteiger partial charge < -0.3 is 4.90 Å². The van der Waals surface area contributed by atoms with Gasteiger partial charge in [-0.2, -0.15) is 0 Å². The van der Waals surface area contributed by atoms with E-state index in [4.69, 9.17) is 4.98 Å². The standard InChI is InChI=1S/C26H22N2O/c1-18-10-12-20(13-11-18)25-16-23(22-8-4-5-9-24(22)27-25)26(29)28-15-14-19-6-2-3-7-21(19)17-28/h2-13,16H,14-15,17H2,1H3. The topological polar surface area (TPSA) is 33.2 Å². The highest BCUT2D eigenvalue weighted by Crippen LogP contribution is 2.28. The maximum Gasteiger partial charge on any atom is 0.254 e. The number of hydrogen-bond acceptors (Lipinski definition) is 2. The first kappa shape index (κ1) is 17.6. The molecule has 0 bridgehead atoms. The third-order valence-corrected chi connectivity index (χ3v) is 5.71. The van der Waals surface area contributed by atoms with Crippen LogP contribution in [0.3, 0.4) is 0 Å². The molecule has 1 aromatic heterocycles. The van der Waals surface area contributed by atoms with Crippen molar-refractivity contribution in [3.05, 3.63) is 101 Å². The molecule has 0 saturated carbocycles. The van der Waals surface area contributed by atoms with E-state index in [1.807, 2.05) is 41.3 Å². The maximum absolute atomic E-state index is 13.6. The summed E-state index contributed by atoms with van der Waals surface area (Å²) in [4.78, 5) is 20.3. The minimum absolute atomic E-state index is 0.0754. The number of benzene rings is 3. The van der Waals surface area contributed by atoms with Gasteiger partial charge in [-0.3, -0.25) is 4.79 Å². The Morgan fingerprint density at radius 1 is 0.897 bits per heavy atom. The number of carbonyl (C=O) groups is 1. The molecule has 4 aromatic rings. The van der Waals surface area contributed by atoms with Crippen molar-refractivity contribution in [3.63, 3.8) is 0 Å². The fraction of sp³-hybridized carbons (Fsp3) is 0.154. The Morgan fingerprint density at radius 2 is 1.62 bits per heavy atom. The van der Waals surface area contributed by atoms with Gasteiger partial charge in [0, 0.05) is 24.0 Å². The first-order valence-electron chi connectivity index (χ1n) is 10.0. The maximum atomic E-state index is 13.6. The van der Waals surface area contributed by atoms with Crippen LogP contribution in [0.25, 0.3) is 22.2 Å². The summed E-state index contributed by atoms with van der Waals surface area (Å²) in [5, 5.41) is 0.909. The van der Waals surface area contributed by atoms with Gasteiger partial charge >= 0.3 is 0 Å². The Kier molecular flexibility index (Phi) is 4.36. The molecule has 1 aliphatic heterocycles. The molecule has 29 heavy (non-hydrogen) atoms. The van der Waals surface area contributed by atoms with E-state index in [9.17, 15) is 4.79 Å². The summed E-state index contributed by atoms with van der Waals surface area (Å²) in [7, 11) is 0. The van der Waals surface area contributed by atoms with Gasteiger partial charge in [0.05, 0.1) is 16.8 Å². The molecule has 0 atom stereocenters. The Labute approximate surface area is 170 Å². The Morgan fingerprint density at radius 3 is 2.45 bits per heavy atom. The van der Waals surface area contributed by atoms with Gasteiger partial charge in [-0.05, 0) is 36.6 Å². The Hall–Kier alpha value is -3.46. The van der Waals surface area contributed by atoms with Crippen LogP contribution < -0.4 is 0 Å². The van der Waals surface area contributed by atoms with E-state index in [1.165, 1.54) is 16.7 Å². The van der Waals surface area contributed by atoms with Crippen LogP contribution in [0.4, 0.5) is 0 Å². The number of fused-ring (bicyclic) bond motifs is 2. The van der Waals surface area contributed by atoms with E-state index in [1.54, 1.807) is 0 Å². The van der Waals surface area contributed by atoms with Gasteiger partial charge in [-0.25, -0.2) is 4.98 Å². The summed E-state index contributed by atoms with van der Waals surface area (Å²) in [5.74, 6) is 0.0754. The molecule has 0 unspecified atom stereocenters. The monoisotopic (exact) mass is 378 g/mol. The number of para-hydroxylation sites is 1. The summed E-state index contributed by atoms with van der Waals surface area (Å²) >= 11 is 0. The minimum atomic E-state index is 0.0754. The quantitative estimate of drug-likeness (QED) is 0.467. The summed E-state index contributed by atoms with van der Waals surface area (Å²) in [6.07, 6.45) is 0.899. The highest BCUT2D eigenvalue weighted by molar-refractivity contribution is 6.07. The molecule has 0 spiro atoms. The largest absolute Gasteiger partial charge is 0.334 e. The van der Waals surface area contributed by atoms with Crippen molar-refractivity contribution in [2.45, 2.75) is 19.9 Å². The van der Waals surface area contributed by atoms with E-state index in [0.29, 0.717) is 6.54 Å². The fourth-order valence-corrected chi connectivity index (χ4v) is 4.06. The Bertz CT molecular complexity index is 1210. The molecule has 142 valence electrons. The van der Waals surface area contributed by atoms with Crippen molar-refractivity contribution in [1.82, 2.24) is 9.88 Å². The SMILES string of the molecule is Cc1ccc(-c2cc(C(=O)N3CCc4ccccc4C3)c3ccccc3n2)cc1. The number of aromatic nitrogens is 1. The lowest BCUT2D eigenvalue weighted by molar-refractivity contribution is 0.0736. The summed E-state index contributed by atoms with van der Waals surface area (Å²) < 4.78 is 0. The number of hydrogen-bond donors (Lipinski definition) is 0. The number of amides is 1. The molecule has 0 N–H and O–H groups in total. The molecule has 3 aromatic carbocycles. The zero-order valence-corrected chi connectivity index (χ0v) is 16.4. The van der Waals surface area contributed by atoms with E-state index in [-0.39, 0.29) is 5.91 Å². The van der Waals surface area contributed by atoms with Crippen LogP contribution >= 0.6 is 0 Å². The zero-order valence-electron chi connectivity index (χ0n) is 16.4. The average molecular weight is 378 g/mol.